The molecule has 21 heavy (non-hydrogen) atoms. The maximum Gasteiger partial charge on any atom is 0.158 e. The Morgan fingerprint density at radius 3 is 2.48 bits per heavy atom. The van der Waals surface area contributed by atoms with Crippen LogP contribution < -0.4 is 10.6 Å². The molecule has 0 bridgehead atoms. The van der Waals surface area contributed by atoms with Gasteiger partial charge in [0.2, 0.25) is 0 Å². The van der Waals surface area contributed by atoms with Crippen LogP contribution in [-0.2, 0) is 11.3 Å². The lowest BCUT2D eigenvalue weighted by molar-refractivity contribution is 0.128. The van der Waals surface area contributed by atoms with Gasteiger partial charge in [0.05, 0.1) is 0 Å². The van der Waals surface area contributed by atoms with Gasteiger partial charge in [-0.25, -0.2) is 9.97 Å². The normalized spacial score (nSPS) is 10.4. The van der Waals surface area contributed by atoms with Crippen molar-refractivity contribution in [3.8, 4) is 0 Å². The Bertz CT molecular complexity index is 574. The molecule has 0 saturated heterocycles. The first-order valence-electron chi connectivity index (χ1n) is 6.93. The van der Waals surface area contributed by atoms with Gasteiger partial charge in [-0.1, -0.05) is 11.6 Å². The van der Waals surface area contributed by atoms with Crippen LogP contribution >= 0.6 is 11.6 Å². The van der Waals surface area contributed by atoms with Gasteiger partial charge in [-0.05, 0) is 38.1 Å². The molecule has 0 radical (unpaired) electrons. The van der Waals surface area contributed by atoms with E-state index in [-0.39, 0.29) is 0 Å². The van der Waals surface area contributed by atoms with E-state index in [4.69, 9.17) is 16.3 Å². The van der Waals surface area contributed by atoms with Gasteiger partial charge < -0.3 is 15.4 Å². The fraction of sp³-hybridized carbons (Fsp3) is 0.333. The van der Waals surface area contributed by atoms with Crippen LogP contribution in [-0.4, -0.2) is 23.1 Å². The second-order valence-corrected chi connectivity index (χ2v) is 4.79. The molecule has 6 heteroatoms. The Morgan fingerprint density at radius 2 is 1.81 bits per heavy atom. The molecule has 0 aliphatic heterocycles. The third-order valence-corrected chi connectivity index (χ3v) is 2.93. The number of rotatable bonds is 7. The average molecular weight is 307 g/mol. The van der Waals surface area contributed by atoms with Crippen molar-refractivity contribution >= 4 is 28.9 Å². The second kappa shape index (κ2) is 7.81. The zero-order valence-electron chi connectivity index (χ0n) is 12.2. The van der Waals surface area contributed by atoms with Gasteiger partial charge in [0.15, 0.2) is 5.82 Å². The zero-order chi connectivity index (χ0) is 15.1. The van der Waals surface area contributed by atoms with Gasteiger partial charge in [-0.2, -0.15) is 0 Å². The summed E-state index contributed by atoms with van der Waals surface area (Å²) < 4.78 is 5.38. The lowest BCUT2D eigenvalue weighted by Gasteiger charge is -2.11. The van der Waals surface area contributed by atoms with Crippen LogP contribution in [0.4, 0.5) is 17.3 Å². The number of nitrogens with one attached hydrogen (secondary N) is 2. The highest BCUT2D eigenvalue weighted by Crippen LogP contribution is 2.19. The summed E-state index contributed by atoms with van der Waals surface area (Å²) in [4.78, 5) is 8.86. The average Bonchev–Trinajstić information content (AvgIpc) is 2.48. The van der Waals surface area contributed by atoms with E-state index < -0.39 is 0 Å². The van der Waals surface area contributed by atoms with Crippen LogP contribution in [0.2, 0.25) is 5.02 Å². The molecule has 0 atom stereocenters. The van der Waals surface area contributed by atoms with E-state index in [0.717, 1.165) is 23.9 Å². The molecular weight excluding hydrogens is 288 g/mol. The number of hydrogen-bond donors (Lipinski definition) is 2. The predicted octanol–water partition coefficient (Wildman–Crippen LogP) is 3.84. The SMILES string of the molecule is CCNc1cc(Nc2ccc(Cl)cc2)nc(COCC)n1. The molecule has 2 rings (SSSR count). The quantitative estimate of drug-likeness (QED) is 0.814. The van der Waals surface area contributed by atoms with Crippen molar-refractivity contribution in [3.05, 3.63) is 41.2 Å². The van der Waals surface area contributed by atoms with Crippen molar-refractivity contribution in [2.45, 2.75) is 20.5 Å². The Kier molecular flexibility index (Phi) is 5.78. The summed E-state index contributed by atoms with van der Waals surface area (Å²) in [5.74, 6) is 2.14. The van der Waals surface area contributed by atoms with Crippen molar-refractivity contribution < 1.29 is 4.74 Å². The highest BCUT2D eigenvalue weighted by molar-refractivity contribution is 6.30. The third-order valence-electron chi connectivity index (χ3n) is 2.68. The van der Waals surface area contributed by atoms with E-state index in [2.05, 4.69) is 20.6 Å². The topological polar surface area (TPSA) is 59.1 Å². The largest absolute Gasteiger partial charge is 0.374 e. The van der Waals surface area contributed by atoms with Crippen LogP contribution in [0.3, 0.4) is 0 Å². The van der Waals surface area contributed by atoms with Gasteiger partial charge in [0, 0.05) is 29.9 Å². The molecule has 1 aromatic carbocycles. The molecule has 0 aliphatic rings. The highest BCUT2D eigenvalue weighted by atomic mass is 35.5. The smallest absolute Gasteiger partial charge is 0.158 e. The first-order valence-corrected chi connectivity index (χ1v) is 7.31. The fourth-order valence-electron chi connectivity index (χ4n) is 1.77. The van der Waals surface area contributed by atoms with Crippen molar-refractivity contribution in [2.24, 2.45) is 0 Å². The third kappa shape index (κ3) is 4.88. The van der Waals surface area contributed by atoms with Crippen LogP contribution in [0.25, 0.3) is 0 Å². The summed E-state index contributed by atoms with van der Waals surface area (Å²) in [6.07, 6.45) is 0. The Balaban J connectivity index is 2.19. The Hall–Kier alpha value is -1.85. The van der Waals surface area contributed by atoms with Crippen LogP contribution in [0.15, 0.2) is 30.3 Å². The molecular formula is C15H19ClN4O. The van der Waals surface area contributed by atoms with Crippen molar-refractivity contribution in [2.75, 3.05) is 23.8 Å². The number of ether oxygens (including phenoxy) is 1. The van der Waals surface area contributed by atoms with Gasteiger partial charge in [0.1, 0.15) is 18.2 Å². The van der Waals surface area contributed by atoms with Gasteiger partial charge in [-0.3, -0.25) is 0 Å². The molecule has 2 aromatic rings. The second-order valence-electron chi connectivity index (χ2n) is 4.35. The van der Waals surface area contributed by atoms with E-state index in [1.807, 2.05) is 44.2 Å². The van der Waals surface area contributed by atoms with E-state index in [1.54, 1.807) is 0 Å². The van der Waals surface area contributed by atoms with Crippen molar-refractivity contribution in [3.63, 3.8) is 0 Å². The van der Waals surface area contributed by atoms with Gasteiger partial charge in [-0.15, -0.1) is 0 Å². The predicted molar refractivity (Wildman–Crippen MR) is 86.3 cm³/mol. The number of anilines is 3. The molecule has 0 spiro atoms. The summed E-state index contributed by atoms with van der Waals surface area (Å²) in [7, 11) is 0. The molecule has 2 N–H and O–H groups in total. The van der Waals surface area contributed by atoms with E-state index in [1.165, 1.54) is 0 Å². The fourth-order valence-corrected chi connectivity index (χ4v) is 1.90. The Morgan fingerprint density at radius 1 is 1.10 bits per heavy atom. The van der Waals surface area contributed by atoms with Gasteiger partial charge >= 0.3 is 0 Å². The molecule has 112 valence electrons. The monoisotopic (exact) mass is 306 g/mol. The molecule has 1 aromatic heterocycles. The first-order chi connectivity index (χ1) is 10.2. The molecule has 0 aliphatic carbocycles. The van der Waals surface area contributed by atoms with E-state index in [0.29, 0.717) is 24.1 Å². The molecule has 1 heterocycles. The lowest BCUT2D eigenvalue weighted by Crippen LogP contribution is -2.07. The Labute approximate surface area is 129 Å². The lowest BCUT2D eigenvalue weighted by atomic mass is 10.3. The molecule has 0 fully saturated rings. The zero-order valence-corrected chi connectivity index (χ0v) is 12.9. The van der Waals surface area contributed by atoms with Crippen LogP contribution in [0, 0.1) is 0 Å². The summed E-state index contributed by atoms with van der Waals surface area (Å²) in [5, 5.41) is 7.14. The molecule has 0 unspecified atom stereocenters. The number of halogens is 1. The molecule has 0 saturated carbocycles. The molecule has 5 nitrogen and oxygen atoms in total. The summed E-state index contributed by atoms with van der Waals surface area (Å²) in [5.41, 5.74) is 0.919. The van der Waals surface area contributed by atoms with E-state index >= 15 is 0 Å². The highest BCUT2D eigenvalue weighted by Gasteiger charge is 2.05. The maximum absolute atomic E-state index is 5.88. The minimum Gasteiger partial charge on any atom is -0.374 e. The maximum atomic E-state index is 5.88. The summed E-state index contributed by atoms with van der Waals surface area (Å²) >= 11 is 5.88. The molecule has 0 amide bonds. The number of hydrogen-bond acceptors (Lipinski definition) is 5. The van der Waals surface area contributed by atoms with Crippen LogP contribution in [0.5, 0.6) is 0 Å². The minimum atomic E-state index is 0.394. The summed E-state index contributed by atoms with van der Waals surface area (Å²) in [6, 6.07) is 9.33. The van der Waals surface area contributed by atoms with Crippen molar-refractivity contribution in [1.82, 2.24) is 9.97 Å². The number of nitrogens with zero attached hydrogens (tertiary/aromatic N) is 2. The first kappa shape index (κ1) is 15.5. The minimum absolute atomic E-state index is 0.394. The van der Waals surface area contributed by atoms with Crippen molar-refractivity contribution in [1.29, 1.82) is 0 Å². The summed E-state index contributed by atoms with van der Waals surface area (Å²) in [6.45, 7) is 5.79. The van der Waals surface area contributed by atoms with E-state index in [9.17, 15) is 0 Å². The van der Waals surface area contributed by atoms with Crippen LogP contribution in [0.1, 0.15) is 19.7 Å². The van der Waals surface area contributed by atoms with Gasteiger partial charge in [0.25, 0.3) is 0 Å². The number of aromatic nitrogens is 2. The standard InChI is InChI=1S/C15H19ClN4O/c1-3-17-13-9-14(20-15(19-13)10-21-4-2)18-12-7-5-11(16)6-8-12/h5-9H,3-4,10H2,1-2H3,(H2,17,18,19,20). The number of benzene rings is 1.